The van der Waals surface area contributed by atoms with Crippen LogP contribution in [0, 0.1) is 18.3 Å². The Morgan fingerprint density at radius 3 is 2.67 bits per heavy atom. The Bertz CT molecular complexity index is 1120. The maximum atomic E-state index is 12.7. The van der Waals surface area contributed by atoms with Crippen LogP contribution in [0.25, 0.3) is 0 Å². The lowest BCUT2D eigenvalue weighted by molar-refractivity contribution is -0.121. The van der Waals surface area contributed by atoms with E-state index in [0.717, 1.165) is 39.0 Å². The second-order valence-electron chi connectivity index (χ2n) is 7.61. The first-order valence-electron chi connectivity index (χ1n) is 10.7. The van der Waals surface area contributed by atoms with Crippen LogP contribution in [0.4, 0.5) is 5.69 Å². The number of nitriles is 1. The van der Waals surface area contributed by atoms with Crippen LogP contribution in [-0.2, 0) is 16.0 Å². The van der Waals surface area contributed by atoms with Gasteiger partial charge in [-0.15, -0.1) is 0 Å². The first-order chi connectivity index (χ1) is 15.9. The molecule has 1 atom stereocenters. The number of hydrogen-bond acceptors (Lipinski definition) is 5. The standard InChI is InChI=1S/C25H26BrN3O3S/c1-4-16-11-18(26)10-15(3)24(16)28-23(31)14-33-25-21(13-27)20(12-22(30)29-25)17-6-8-19(9-7-17)32-5-2/h6-11,20H,4-5,12,14H2,1-3H3,(H,28,31)(H,29,30)/t20-/m0/s1. The second-order valence-corrected chi connectivity index (χ2v) is 9.51. The van der Waals surface area contributed by atoms with E-state index in [2.05, 4.69) is 32.6 Å². The van der Waals surface area contributed by atoms with Gasteiger partial charge in [0.15, 0.2) is 0 Å². The van der Waals surface area contributed by atoms with Crippen molar-refractivity contribution >= 4 is 45.2 Å². The Labute approximate surface area is 206 Å². The lowest BCUT2D eigenvalue weighted by atomic mass is 9.87. The van der Waals surface area contributed by atoms with E-state index in [4.69, 9.17) is 4.74 Å². The summed E-state index contributed by atoms with van der Waals surface area (Å²) in [5, 5.41) is 16.1. The molecule has 2 aromatic rings. The second kappa shape index (κ2) is 11.4. The fourth-order valence-electron chi connectivity index (χ4n) is 3.76. The first-order valence-corrected chi connectivity index (χ1v) is 12.5. The molecule has 0 saturated heterocycles. The number of aryl methyl sites for hydroxylation is 2. The molecule has 0 aliphatic carbocycles. The Hall–Kier alpha value is -2.76. The van der Waals surface area contributed by atoms with Crippen LogP contribution in [0.15, 0.2) is 51.5 Å². The number of hydrogen-bond donors (Lipinski definition) is 2. The SMILES string of the molecule is CCOc1ccc([C@@H]2CC(=O)NC(SCC(=O)Nc3c(C)cc(Br)cc3CC)=C2C#N)cc1. The number of halogens is 1. The summed E-state index contributed by atoms with van der Waals surface area (Å²) in [5.41, 5.74) is 4.15. The number of benzene rings is 2. The summed E-state index contributed by atoms with van der Waals surface area (Å²) < 4.78 is 6.45. The molecule has 1 heterocycles. The highest BCUT2D eigenvalue weighted by molar-refractivity contribution is 9.10. The molecule has 2 aromatic carbocycles. The van der Waals surface area contributed by atoms with Crippen LogP contribution in [0.1, 0.15) is 42.9 Å². The summed E-state index contributed by atoms with van der Waals surface area (Å²) in [5.74, 6) is 0.0978. The fraction of sp³-hybridized carbons (Fsp3) is 0.320. The highest BCUT2D eigenvalue weighted by Crippen LogP contribution is 2.36. The Kier molecular flexibility index (Phi) is 8.59. The van der Waals surface area contributed by atoms with Crippen LogP contribution in [0.5, 0.6) is 5.75 Å². The van der Waals surface area contributed by atoms with E-state index < -0.39 is 0 Å². The van der Waals surface area contributed by atoms with E-state index in [1.807, 2.05) is 57.2 Å². The zero-order valence-corrected chi connectivity index (χ0v) is 21.2. The highest BCUT2D eigenvalue weighted by Gasteiger charge is 2.30. The summed E-state index contributed by atoms with van der Waals surface area (Å²) >= 11 is 4.67. The number of carbonyl (C=O) groups is 2. The van der Waals surface area contributed by atoms with Crippen molar-refractivity contribution in [2.24, 2.45) is 0 Å². The zero-order valence-electron chi connectivity index (χ0n) is 18.8. The lowest BCUT2D eigenvalue weighted by Crippen LogP contribution is -2.31. The van der Waals surface area contributed by atoms with E-state index >= 15 is 0 Å². The third-order valence-electron chi connectivity index (χ3n) is 5.32. The topological polar surface area (TPSA) is 91.2 Å². The molecule has 0 spiro atoms. The minimum atomic E-state index is -0.356. The number of nitrogens with zero attached hydrogens (tertiary/aromatic N) is 1. The normalized spacial score (nSPS) is 15.6. The van der Waals surface area contributed by atoms with Gasteiger partial charge in [0.05, 0.1) is 29.0 Å². The molecule has 172 valence electrons. The zero-order chi connectivity index (χ0) is 24.0. The van der Waals surface area contributed by atoms with Gasteiger partial charge in [0, 0.05) is 22.5 Å². The van der Waals surface area contributed by atoms with E-state index in [1.165, 1.54) is 11.8 Å². The summed E-state index contributed by atoms with van der Waals surface area (Å²) in [6, 6.07) is 13.6. The molecular weight excluding hydrogens is 502 g/mol. The van der Waals surface area contributed by atoms with Crippen LogP contribution >= 0.6 is 27.7 Å². The number of anilines is 1. The number of nitrogens with one attached hydrogen (secondary N) is 2. The average Bonchev–Trinajstić information content (AvgIpc) is 2.79. The van der Waals surface area contributed by atoms with Gasteiger partial charge in [-0.2, -0.15) is 5.26 Å². The highest BCUT2D eigenvalue weighted by atomic mass is 79.9. The van der Waals surface area contributed by atoms with Crippen LogP contribution in [0.2, 0.25) is 0 Å². The van der Waals surface area contributed by atoms with E-state index in [-0.39, 0.29) is 29.9 Å². The molecule has 0 saturated carbocycles. The molecule has 2 N–H and O–H groups in total. The van der Waals surface area contributed by atoms with E-state index in [0.29, 0.717) is 17.2 Å². The van der Waals surface area contributed by atoms with Crippen molar-refractivity contribution in [1.82, 2.24) is 5.32 Å². The molecule has 1 aliphatic rings. The minimum Gasteiger partial charge on any atom is -0.494 e. The maximum Gasteiger partial charge on any atom is 0.234 e. The van der Waals surface area contributed by atoms with Crippen molar-refractivity contribution in [3.63, 3.8) is 0 Å². The van der Waals surface area contributed by atoms with Crippen LogP contribution in [0.3, 0.4) is 0 Å². The molecule has 1 aliphatic heterocycles. The average molecular weight is 528 g/mol. The smallest absolute Gasteiger partial charge is 0.234 e. The van der Waals surface area contributed by atoms with Crippen molar-refractivity contribution in [3.05, 3.63) is 68.2 Å². The molecule has 0 bridgehead atoms. The third-order valence-corrected chi connectivity index (χ3v) is 6.80. The van der Waals surface area contributed by atoms with E-state index in [1.54, 1.807) is 0 Å². The summed E-state index contributed by atoms with van der Waals surface area (Å²) in [6.45, 7) is 6.47. The van der Waals surface area contributed by atoms with Gasteiger partial charge in [-0.05, 0) is 61.2 Å². The molecule has 33 heavy (non-hydrogen) atoms. The lowest BCUT2D eigenvalue weighted by Gasteiger charge is -2.25. The maximum absolute atomic E-state index is 12.7. The number of carbonyl (C=O) groups excluding carboxylic acids is 2. The van der Waals surface area contributed by atoms with Crippen molar-refractivity contribution in [3.8, 4) is 11.8 Å². The molecule has 3 rings (SSSR count). The molecule has 0 fully saturated rings. The Morgan fingerprint density at radius 2 is 2.03 bits per heavy atom. The van der Waals surface area contributed by atoms with Crippen molar-refractivity contribution < 1.29 is 14.3 Å². The molecule has 0 aromatic heterocycles. The summed E-state index contributed by atoms with van der Waals surface area (Å²) in [6.07, 6.45) is 0.970. The quantitative estimate of drug-likeness (QED) is 0.477. The largest absolute Gasteiger partial charge is 0.494 e. The van der Waals surface area contributed by atoms with Crippen molar-refractivity contribution in [2.75, 3.05) is 17.7 Å². The minimum absolute atomic E-state index is 0.0788. The van der Waals surface area contributed by atoms with E-state index in [9.17, 15) is 14.9 Å². The van der Waals surface area contributed by atoms with Gasteiger partial charge in [-0.1, -0.05) is 46.7 Å². The van der Waals surface area contributed by atoms with Gasteiger partial charge < -0.3 is 15.4 Å². The summed E-state index contributed by atoms with van der Waals surface area (Å²) in [7, 11) is 0. The number of ether oxygens (including phenoxy) is 1. The predicted octanol–water partition coefficient (Wildman–Crippen LogP) is 5.43. The van der Waals surface area contributed by atoms with Crippen molar-refractivity contribution in [1.29, 1.82) is 5.26 Å². The first kappa shape index (κ1) is 24.9. The van der Waals surface area contributed by atoms with Crippen LogP contribution in [-0.4, -0.2) is 24.2 Å². The van der Waals surface area contributed by atoms with Gasteiger partial charge in [0.1, 0.15) is 5.75 Å². The number of allylic oxidation sites excluding steroid dienone is 1. The fourth-order valence-corrected chi connectivity index (χ4v) is 5.26. The predicted molar refractivity (Wildman–Crippen MR) is 135 cm³/mol. The molecule has 6 nitrogen and oxygen atoms in total. The molecule has 2 amide bonds. The molecule has 8 heteroatoms. The van der Waals surface area contributed by atoms with Gasteiger partial charge >= 0.3 is 0 Å². The van der Waals surface area contributed by atoms with Gasteiger partial charge in [-0.25, -0.2) is 0 Å². The molecule has 0 unspecified atom stereocenters. The number of rotatable bonds is 8. The van der Waals surface area contributed by atoms with Crippen LogP contribution < -0.4 is 15.4 Å². The summed E-state index contributed by atoms with van der Waals surface area (Å²) in [4.78, 5) is 25.1. The van der Waals surface area contributed by atoms with Gasteiger partial charge in [0.25, 0.3) is 0 Å². The molecular formula is C25H26BrN3O3S. The Balaban J connectivity index is 1.77. The Morgan fingerprint density at radius 1 is 1.30 bits per heavy atom. The van der Waals surface area contributed by atoms with Gasteiger partial charge in [-0.3, -0.25) is 9.59 Å². The van der Waals surface area contributed by atoms with Gasteiger partial charge in [0.2, 0.25) is 11.8 Å². The monoisotopic (exact) mass is 527 g/mol. The van der Waals surface area contributed by atoms with Crippen molar-refractivity contribution in [2.45, 2.75) is 39.5 Å². The third kappa shape index (κ3) is 6.18. The molecule has 0 radical (unpaired) electrons. The number of thioether (sulfide) groups is 1. The number of amides is 2.